The highest BCUT2D eigenvalue weighted by atomic mass is 16.3. The predicted molar refractivity (Wildman–Crippen MR) is 139 cm³/mol. The molecule has 0 aromatic carbocycles. The van der Waals surface area contributed by atoms with E-state index in [1.54, 1.807) is 5.01 Å². The Labute approximate surface area is 196 Å². The molecule has 0 aromatic rings. The monoisotopic (exact) mass is 440 g/mol. The molecule has 0 spiro atoms. The zero-order valence-corrected chi connectivity index (χ0v) is 21.9. The number of hydrogen-bond acceptors (Lipinski definition) is 3. The largest absolute Gasteiger partial charge is 0.388 e. The lowest BCUT2D eigenvalue weighted by atomic mass is 9.89. The van der Waals surface area contributed by atoms with Crippen molar-refractivity contribution in [2.24, 2.45) is 5.84 Å². The van der Waals surface area contributed by atoms with E-state index in [4.69, 9.17) is 5.84 Å². The zero-order chi connectivity index (χ0) is 23.0. The summed E-state index contributed by atoms with van der Waals surface area (Å²) < 4.78 is 0. The summed E-state index contributed by atoms with van der Waals surface area (Å²) in [5.41, 5.74) is -0.592. The van der Waals surface area contributed by atoms with Gasteiger partial charge in [-0.3, -0.25) is 5.84 Å². The van der Waals surface area contributed by atoms with Crippen LogP contribution in [0.15, 0.2) is 0 Å². The SMILES string of the molecule is CCCCCCCCCCCCC(O)(CCCCCCCCCCCC)CN(N)CC. The summed E-state index contributed by atoms with van der Waals surface area (Å²) in [6, 6.07) is 0. The van der Waals surface area contributed by atoms with Gasteiger partial charge in [-0.15, -0.1) is 0 Å². The van der Waals surface area contributed by atoms with Crippen LogP contribution in [0.2, 0.25) is 0 Å². The van der Waals surface area contributed by atoms with Gasteiger partial charge in [0, 0.05) is 13.1 Å². The lowest BCUT2D eigenvalue weighted by Crippen LogP contribution is -2.46. The maximum absolute atomic E-state index is 11.2. The Morgan fingerprint density at radius 1 is 0.516 bits per heavy atom. The molecule has 0 atom stereocenters. The number of nitrogens with zero attached hydrogens (tertiary/aromatic N) is 1. The van der Waals surface area contributed by atoms with Crippen LogP contribution in [-0.4, -0.2) is 28.8 Å². The topological polar surface area (TPSA) is 49.5 Å². The number of unbranched alkanes of at least 4 members (excludes halogenated alkanes) is 18. The summed E-state index contributed by atoms with van der Waals surface area (Å²) in [6.45, 7) is 8.06. The molecular weight excluding hydrogens is 380 g/mol. The van der Waals surface area contributed by atoms with Crippen molar-refractivity contribution in [3.8, 4) is 0 Å². The Morgan fingerprint density at radius 2 is 0.806 bits per heavy atom. The van der Waals surface area contributed by atoms with Gasteiger partial charge in [-0.25, -0.2) is 5.01 Å². The van der Waals surface area contributed by atoms with Crippen LogP contribution in [0.5, 0.6) is 0 Å². The van der Waals surface area contributed by atoms with Crippen molar-refractivity contribution in [3.63, 3.8) is 0 Å². The highest BCUT2D eigenvalue weighted by molar-refractivity contribution is 4.81. The first-order valence-corrected chi connectivity index (χ1v) is 14.3. The van der Waals surface area contributed by atoms with Gasteiger partial charge in [-0.2, -0.15) is 0 Å². The van der Waals surface area contributed by atoms with Gasteiger partial charge in [0.25, 0.3) is 0 Å². The Balaban J connectivity index is 3.87. The lowest BCUT2D eigenvalue weighted by molar-refractivity contribution is -0.0143. The Bertz CT molecular complexity index is 324. The van der Waals surface area contributed by atoms with Crippen LogP contribution in [0, 0.1) is 0 Å². The van der Waals surface area contributed by atoms with E-state index in [0.29, 0.717) is 6.54 Å². The first-order valence-electron chi connectivity index (χ1n) is 14.3. The average Bonchev–Trinajstić information content (AvgIpc) is 2.76. The first kappa shape index (κ1) is 30.9. The molecular formula is C28H60N2O. The molecule has 0 aliphatic rings. The molecule has 0 saturated carbocycles. The zero-order valence-electron chi connectivity index (χ0n) is 21.9. The highest BCUT2D eigenvalue weighted by Gasteiger charge is 2.27. The van der Waals surface area contributed by atoms with E-state index in [2.05, 4.69) is 20.8 Å². The third-order valence-corrected chi connectivity index (χ3v) is 6.89. The molecule has 3 N–H and O–H groups in total. The van der Waals surface area contributed by atoms with Crippen LogP contribution < -0.4 is 5.84 Å². The Morgan fingerprint density at radius 3 is 1.10 bits per heavy atom. The standard InChI is InChI=1S/C28H60N2O/c1-4-7-9-11-13-15-17-19-21-23-25-28(31,27-30(29)6-3)26-24-22-20-18-16-14-12-10-8-5-2/h31H,4-27,29H2,1-3H3. The number of likely N-dealkylation sites (N-methyl/N-ethyl adjacent to an activating group) is 1. The molecule has 3 nitrogen and oxygen atoms in total. The lowest BCUT2D eigenvalue weighted by Gasteiger charge is -2.32. The van der Waals surface area contributed by atoms with Crippen molar-refractivity contribution in [3.05, 3.63) is 0 Å². The molecule has 0 aromatic heterocycles. The van der Waals surface area contributed by atoms with E-state index in [1.165, 1.54) is 116 Å². The van der Waals surface area contributed by atoms with Crippen molar-refractivity contribution in [2.75, 3.05) is 13.1 Å². The Hall–Kier alpha value is -0.120. The van der Waals surface area contributed by atoms with E-state index < -0.39 is 5.60 Å². The summed E-state index contributed by atoms with van der Waals surface area (Å²) in [5, 5.41) is 13.0. The van der Waals surface area contributed by atoms with Gasteiger partial charge in [0.15, 0.2) is 0 Å². The van der Waals surface area contributed by atoms with Gasteiger partial charge < -0.3 is 5.11 Å². The molecule has 0 rings (SSSR count). The van der Waals surface area contributed by atoms with Gasteiger partial charge >= 0.3 is 0 Å². The predicted octanol–water partition coefficient (Wildman–Crippen LogP) is 8.54. The van der Waals surface area contributed by atoms with E-state index >= 15 is 0 Å². The van der Waals surface area contributed by atoms with E-state index in [-0.39, 0.29) is 0 Å². The molecule has 0 fully saturated rings. The number of nitrogens with two attached hydrogens (primary N) is 1. The summed E-state index contributed by atoms with van der Waals surface area (Å²) in [5.74, 6) is 6.07. The minimum absolute atomic E-state index is 0.592. The van der Waals surface area contributed by atoms with Gasteiger partial charge in [0.2, 0.25) is 0 Å². The van der Waals surface area contributed by atoms with Crippen LogP contribution in [0.1, 0.15) is 162 Å². The van der Waals surface area contributed by atoms with Crippen LogP contribution in [0.25, 0.3) is 0 Å². The second kappa shape index (κ2) is 23.1. The van der Waals surface area contributed by atoms with Crippen LogP contribution in [0.4, 0.5) is 0 Å². The summed E-state index contributed by atoms with van der Waals surface area (Å²) in [6.07, 6.45) is 28.7. The van der Waals surface area contributed by atoms with Gasteiger partial charge in [0.1, 0.15) is 0 Å². The molecule has 0 unspecified atom stereocenters. The maximum Gasteiger partial charge on any atom is 0.0788 e. The molecule has 0 bridgehead atoms. The molecule has 0 saturated heterocycles. The second-order valence-electron chi connectivity index (χ2n) is 10.2. The molecule has 3 heteroatoms. The van der Waals surface area contributed by atoms with Gasteiger partial charge in [0.05, 0.1) is 5.60 Å². The minimum atomic E-state index is -0.592. The normalized spacial score (nSPS) is 12.2. The average molecular weight is 441 g/mol. The first-order chi connectivity index (χ1) is 15.1. The number of hydrogen-bond donors (Lipinski definition) is 2. The fourth-order valence-electron chi connectivity index (χ4n) is 4.66. The van der Waals surface area contributed by atoms with E-state index in [0.717, 1.165) is 32.2 Å². The summed E-state index contributed by atoms with van der Waals surface area (Å²) >= 11 is 0. The second-order valence-corrected chi connectivity index (χ2v) is 10.2. The fourth-order valence-corrected chi connectivity index (χ4v) is 4.66. The van der Waals surface area contributed by atoms with Crippen molar-refractivity contribution in [2.45, 2.75) is 168 Å². The molecule has 0 amide bonds. The highest BCUT2D eigenvalue weighted by Crippen LogP contribution is 2.24. The van der Waals surface area contributed by atoms with Crippen LogP contribution in [0.3, 0.4) is 0 Å². The minimum Gasteiger partial charge on any atom is -0.388 e. The maximum atomic E-state index is 11.2. The van der Waals surface area contributed by atoms with Gasteiger partial charge in [-0.05, 0) is 12.8 Å². The third-order valence-electron chi connectivity index (χ3n) is 6.89. The number of hydrazine groups is 1. The van der Waals surface area contributed by atoms with Crippen LogP contribution in [-0.2, 0) is 0 Å². The number of rotatable bonds is 25. The van der Waals surface area contributed by atoms with Crippen molar-refractivity contribution >= 4 is 0 Å². The third kappa shape index (κ3) is 21.5. The fraction of sp³-hybridized carbons (Fsp3) is 1.00. The summed E-state index contributed by atoms with van der Waals surface area (Å²) in [7, 11) is 0. The van der Waals surface area contributed by atoms with Crippen molar-refractivity contribution in [1.82, 2.24) is 5.01 Å². The molecule has 31 heavy (non-hydrogen) atoms. The van der Waals surface area contributed by atoms with Gasteiger partial charge in [-0.1, -0.05) is 149 Å². The van der Waals surface area contributed by atoms with Crippen molar-refractivity contribution in [1.29, 1.82) is 0 Å². The molecule has 0 radical (unpaired) electrons. The Kier molecular flexibility index (Phi) is 23.0. The smallest absolute Gasteiger partial charge is 0.0788 e. The van der Waals surface area contributed by atoms with E-state index in [1.807, 2.05) is 0 Å². The molecule has 0 aliphatic carbocycles. The van der Waals surface area contributed by atoms with Crippen LogP contribution >= 0.6 is 0 Å². The quantitative estimate of drug-likeness (QED) is 0.0849. The number of aliphatic hydroxyl groups is 1. The molecule has 188 valence electrons. The summed E-state index contributed by atoms with van der Waals surface area (Å²) in [4.78, 5) is 0. The molecule has 0 aliphatic heterocycles. The van der Waals surface area contributed by atoms with E-state index in [9.17, 15) is 5.11 Å². The molecule has 0 heterocycles. The van der Waals surface area contributed by atoms with Crippen molar-refractivity contribution < 1.29 is 5.11 Å².